The van der Waals surface area contributed by atoms with Crippen LogP contribution in [0, 0.1) is 0 Å². The molecule has 0 spiro atoms. The summed E-state index contributed by atoms with van der Waals surface area (Å²) in [5.74, 6) is -3.33. The van der Waals surface area contributed by atoms with Crippen molar-refractivity contribution in [3.8, 4) is 0 Å². The zero-order chi connectivity index (χ0) is 20.9. The third-order valence-corrected chi connectivity index (χ3v) is 3.56. The average molecular weight is 392 g/mol. The van der Waals surface area contributed by atoms with Gasteiger partial charge in [-0.1, -0.05) is 37.3 Å². The quantitative estimate of drug-likeness (QED) is 0.311. The van der Waals surface area contributed by atoms with Gasteiger partial charge in [0.15, 0.2) is 0 Å². The van der Waals surface area contributed by atoms with E-state index in [1.54, 1.807) is 37.3 Å². The van der Waals surface area contributed by atoms with E-state index in [2.05, 4.69) is 21.3 Å². The Morgan fingerprint density at radius 2 is 1.46 bits per heavy atom. The molecule has 0 bridgehead atoms. The first-order valence-corrected chi connectivity index (χ1v) is 8.68. The third kappa shape index (κ3) is 9.32. The second-order valence-corrected chi connectivity index (χ2v) is 5.83. The summed E-state index contributed by atoms with van der Waals surface area (Å²) in [5, 5.41) is 18.1. The smallest absolute Gasteiger partial charge is 0.322 e. The summed E-state index contributed by atoms with van der Waals surface area (Å²) in [6, 6.07) is 7.87. The van der Waals surface area contributed by atoms with E-state index in [9.17, 15) is 24.0 Å². The molecule has 152 valence electrons. The van der Waals surface area contributed by atoms with Crippen molar-refractivity contribution in [1.29, 1.82) is 0 Å². The van der Waals surface area contributed by atoms with Gasteiger partial charge in [0.05, 0.1) is 13.1 Å². The molecule has 0 aromatic heterocycles. The Morgan fingerprint density at radius 3 is 2.07 bits per heavy atom. The molecule has 5 N–H and O–H groups in total. The van der Waals surface area contributed by atoms with Gasteiger partial charge in [-0.25, -0.2) is 0 Å². The fourth-order valence-corrected chi connectivity index (χ4v) is 2.14. The fraction of sp³-hybridized carbons (Fsp3) is 0.389. The number of aliphatic carboxylic acids is 1. The predicted molar refractivity (Wildman–Crippen MR) is 99.0 cm³/mol. The van der Waals surface area contributed by atoms with Crippen LogP contribution in [0.15, 0.2) is 30.3 Å². The molecule has 0 aliphatic carbocycles. The Kier molecular flexibility index (Phi) is 9.73. The van der Waals surface area contributed by atoms with E-state index in [1.807, 2.05) is 0 Å². The van der Waals surface area contributed by atoms with E-state index in [4.69, 9.17) is 5.11 Å². The van der Waals surface area contributed by atoms with Gasteiger partial charge in [0.25, 0.3) is 0 Å². The van der Waals surface area contributed by atoms with Crippen LogP contribution in [0.25, 0.3) is 0 Å². The van der Waals surface area contributed by atoms with Crippen molar-refractivity contribution in [2.75, 3.05) is 19.6 Å². The van der Waals surface area contributed by atoms with Crippen molar-refractivity contribution < 1.29 is 29.1 Å². The van der Waals surface area contributed by atoms with Crippen molar-refractivity contribution >= 4 is 29.6 Å². The minimum Gasteiger partial charge on any atom is -0.480 e. The van der Waals surface area contributed by atoms with Crippen molar-refractivity contribution in [2.45, 2.75) is 25.8 Å². The molecule has 10 nitrogen and oxygen atoms in total. The van der Waals surface area contributed by atoms with Gasteiger partial charge in [0.2, 0.25) is 23.6 Å². The molecule has 0 fully saturated rings. The highest BCUT2D eigenvalue weighted by molar-refractivity contribution is 5.92. The normalized spacial score (nSPS) is 11.0. The van der Waals surface area contributed by atoms with E-state index in [1.165, 1.54) is 0 Å². The molecular formula is C18H24N4O6. The monoisotopic (exact) mass is 392 g/mol. The Balaban J connectivity index is 2.59. The van der Waals surface area contributed by atoms with Gasteiger partial charge in [-0.05, 0) is 5.56 Å². The first kappa shape index (κ1) is 22.6. The van der Waals surface area contributed by atoms with E-state index in [0.717, 1.165) is 5.56 Å². The lowest BCUT2D eigenvalue weighted by Crippen LogP contribution is -2.51. The van der Waals surface area contributed by atoms with Gasteiger partial charge in [0, 0.05) is 12.8 Å². The van der Waals surface area contributed by atoms with E-state index < -0.39 is 42.8 Å². The summed E-state index contributed by atoms with van der Waals surface area (Å²) in [7, 11) is 0. The zero-order valence-electron chi connectivity index (χ0n) is 15.5. The van der Waals surface area contributed by atoms with Crippen LogP contribution in [-0.2, 0) is 30.4 Å². The lowest BCUT2D eigenvalue weighted by molar-refractivity contribution is -0.138. The van der Waals surface area contributed by atoms with Crippen molar-refractivity contribution in [2.24, 2.45) is 0 Å². The van der Waals surface area contributed by atoms with Crippen molar-refractivity contribution in [3.05, 3.63) is 35.9 Å². The van der Waals surface area contributed by atoms with Crippen LogP contribution < -0.4 is 21.3 Å². The predicted octanol–water partition coefficient (Wildman–Crippen LogP) is -1.44. The number of benzene rings is 1. The Bertz CT molecular complexity index is 707. The maximum Gasteiger partial charge on any atom is 0.322 e. The minimum absolute atomic E-state index is 0.151. The summed E-state index contributed by atoms with van der Waals surface area (Å²) in [6.45, 7) is 0.418. The van der Waals surface area contributed by atoms with Crippen LogP contribution >= 0.6 is 0 Å². The molecule has 0 heterocycles. The summed E-state index contributed by atoms with van der Waals surface area (Å²) < 4.78 is 0. The SMILES string of the molecule is CCC(=O)NCC(=O)NCC(=O)N[C@@H](Cc1ccccc1)C(=O)NCC(=O)O. The molecule has 1 atom stereocenters. The molecule has 0 unspecified atom stereocenters. The van der Waals surface area contributed by atoms with Gasteiger partial charge in [-0.2, -0.15) is 0 Å². The Hall–Kier alpha value is -3.43. The van der Waals surface area contributed by atoms with Gasteiger partial charge in [-0.3, -0.25) is 24.0 Å². The molecule has 0 aliphatic heterocycles. The molecule has 1 rings (SSSR count). The van der Waals surface area contributed by atoms with Gasteiger partial charge in [0.1, 0.15) is 12.6 Å². The number of carbonyl (C=O) groups excluding carboxylic acids is 4. The Morgan fingerprint density at radius 1 is 0.857 bits per heavy atom. The molecule has 0 saturated heterocycles. The van der Waals surface area contributed by atoms with E-state index >= 15 is 0 Å². The van der Waals surface area contributed by atoms with E-state index in [0.29, 0.717) is 0 Å². The van der Waals surface area contributed by atoms with Crippen LogP contribution in [0.1, 0.15) is 18.9 Å². The molecule has 10 heteroatoms. The summed E-state index contributed by atoms with van der Waals surface area (Å²) in [4.78, 5) is 57.6. The molecule has 1 aromatic carbocycles. The van der Waals surface area contributed by atoms with Gasteiger partial charge >= 0.3 is 5.97 Å². The van der Waals surface area contributed by atoms with Crippen molar-refractivity contribution in [3.63, 3.8) is 0 Å². The third-order valence-electron chi connectivity index (χ3n) is 3.56. The molecule has 1 aromatic rings. The summed E-state index contributed by atoms with van der Waals surface area (Å²) in [5.41, 5.74) is 0.768. The lowest BCUT2D eigenvalue weighted by atomic mass is 10.1. The van der Waals surface area contributed by atoms with Crippen LogP contribution in [0.2, 0.25) is 0 Å². The highest BCUT2D eigenvalue weighted by Gasteiger charge is 2.22. The maximum atomic E-state index is 12.2. The largest absolute Gasteiger partial charge is 0.480 e. The highest BCUT2D eigenvalue weighted by Crippen LogP contribution is 2.03. The number of amides is 4. The van der Waals surface area contributed by atoms with Gasteiger partial charge < -0.3 is 26.4 Å². The number of carboxylic acid groups (broad SMARTS) is 1. The second-order valence-electron chi connectivity index (χ2n) is 5.83. The van der Waals surface area contributed by atoms with Crippen LogP contribution in [0.5, 0.6) is 0 Å². The number of rotatable bonds is 11. The van der Waals surface area contributed by atoms with E-state index in [-0.39, 0.29) is 25.3 Å². The fourth-order valence-electron chi connectivity index (χ4n) is 2.14. The average Bonchev–Trinajstić information content (AvgIpc) is 2.68. The standard InChI is InChI=1S/C18H24N4O6/c1-2-14(23)19-9-15(24)20-10-16(25)22-13(18(28)21-11-17(26)27)8-12-6-4-3-5-7-12/h3-7,13H,2,8-11H2,1H3,(H,19,23)(H,20,24)(H,21,28)(H,22,25)(H,26,27)/t13-/m0/s1. The van der Waals surface area contributed by atoms with Crippen molar-refractivity contribution in [1.82, 2.24) is 21.3 Å². The molecule has 0 aliphatic rings. The topological polar surface area (TPSA) is 154 Å². The van der Waals surface area contributed by atoms with Gasteiger partial charge in [-0.15, -0.1) is 0 Å². The lowest BCUT2D eigenvalue weighted by Gasteiger charge is -2.18. The summed E-state index contributed by atoms with van der Waals surface area (Å²) >= 11 is 0. The Labute approximate surface area is 162 Å². The summed E-state index contributed by atoms with van der Waals surface area (Å²) in [6.07, 6.45) is 0.388. The number of hydrogen-bond acceptors (Lipinski definition) is 5. The first-order valence-electron chi connectivity index (χ1n) is 8.68. The molecule has 4 amide bonds. The highest BCUT2D eigenvalue weighted by atomic mass is 16.4. The van der Waals surface area contributed by atoms with Crippen LogP contribution in [0.3, 0.4) is 0 Å². The zero-order valence-corrected chi connectivity index (χ0v) is 15.5. The second kappa shape index (κ2) is 12.0. The molecular weight excluding hydrogens is 368 g/mol. The minimum atomic E-state index is -1.21. The van der Waals surface area contributed by atoms with Crippen LogP contribution in [0.4, 0.5) is 0 Å². The molecule has 0 saturated carbocycles. The molecule has 28 heavy (non-hydrogen) atoms. The number of carbonyl (C=O) groups is 5. The first-order chi connectivity index (χ1) is 13.3. The number of hydrogen-bond donors (Lipinski definition) is 5. The molecule has 0 radical (unpaired) electrons. The van der Waals surface area contributed by atoms with Crippen LogP contribution in [-0.4, -0.2) is 60.4 Å². The number of nitrogens with one attached hydrogen (secondary N) is 4. The maximum absolute atomic E-state index is 12.2. The number of carboxylic acids is 1.